The van der Waals surface area contributed by atoms with E-state index in [-0.39, 0.29) is 6.04 Å². The first-order chi connectivity index (χ1) is 11.1. The Hall–Kier alpha value is -1.40. The third-order valence-electron chi connectivity index (χ3n) is 5.28. The molecule has 3 rings (SSSR count). The standard InChI is InChI=1S/C17H29N5O/c1-19-8-5-3-4-6-15(19)17(23)22-12-10-21(11-13-22)14-16-18-7-9-20(16)2/h7,9,15H,3-6,8,10-14H2,1-2H3/t15-/m1/s1. The van der Waals surface area contributed by atoms with Crippen LogP contribution in [0.2, 0.25) is 0 Å². The molecule has 2 aliphatic rings. The first-order valence-corrected chi connectivity index (χ1v) is 8.83. The van der Waals surface area contributed by atoms with Crippen LogP contribution >= 0.6 is 0 Å². The van der Waals surface area contributed by atoms with Gasteiger partial charge in [0, 0.05) is 45.6 Å². The van der Waals surface area contributed by atoms with Crippen LogP contribution in [-0.2, 0) is 18.4 Å². The molecule has 6 heteroatoms. The van der Waals surface area contributed by atoms with E-state index in [1.54, 1.807) is 0 Å². The van der Waals surface area contributed by atoms with E-state index in [2.05, 4.69) is 31.3 Å². The van der Waals surface area contributed by atoms with E-state index in [0.717, 1.165) is 51.5 Å². The summed E-state index contributed by atoms with van der Waals surface area (Å²) in [6.45, 7) is 5.48. The molecule has 0 spiro atoms. The van der Waals surface area contributed by atoms with Crippen molar-refractivity contribution in [3.63, 3.8) is 0 Å². The molecule has 128 valence electrons. The molecule has 0 radical (unpaired) electrons. The summed E-state index contributed by atoms with van der Waals surface area (Å²) in [5.74, 6) is 1.43. The number of rotatable bonds is 3. The van der Waals surface area contributed by atoms with E-state index in [4.69, 9.17) is 0 Å². The summed E-state index contributed by atoms with van der Waals surface area (Å²) in [7, 11) is 4.13. The Labute approximate surface area is 139 Å². The Kier molecular flexibility index (Phi) is 5.33. The van der Waals surface area contributed by atoms with Gasteiger partial charge in [0.2, 0.25) is 5.91 Å². The molecule has 0 aromatic carbocycles. The van der Waals surface area contributed by atoms with Gasteiger partial charge in [-0.05, 0) is 26.4 Å². The molecule has 2 fully saturated rings. The lowest BCUT2D eigenvalue weighted by molar-refractivity contribution is -0.138. The predicted octanol–water partition coefficient (Wildman–Crippen LogP) is 0.939. The molecule has 3 heterocycles. The van der Waals surface area contributed by atoms with Gasteiger partial charge in [0.1, 0.15) is 5.82 Å². The van der Waals surface area contributed by atoms with Gasteiger partial charge in [0.15, 0.2) is 0 Å². The van der Waals surface area contributed by atoms with Crippen molar-refractivity contribution in [2.45, 2.75) is 38.3 Å². The SMILES string of the molecule is CN1CCCCC[C@@H]1C(=O)N1CCN(Cc2nccn2C)CC1. The van der Waals surface area contributed by atoms with Crippen molar-refractivity contribution in [3.05, 3.63) is 18.2 Å². The summed E-state index contributed by atoms with van der Waals surface area (Å²) < 4.78 is 2.07. The number of likely N-dealkylation sites (N-methyl/N-ethyl adjacent to an activating group) is 1. The Morgan fingerprint density at radius 2 is 1.91 bits per heavy atom. The second kappa shape index (κ2) is 7.45. The van der Waals surface area contributed by atoms with Gasteiger partial charge in [-0.25, -0.2) is 4.98 Å². The topological polar surface area (TPSA) is 44.6 Å². The van der Waals surface area contributed by atoms with E-state index in [1.807, 2.05) is 19.4 Å². The summed E-state index contributed by atoms with van der Waals surface area (Å²) in [5.41, 5.74) is 0. The zero-order valence-electron chi connectivity index (χ0n) is 14.4. The van der Waals surface area contributed by atoms with Crippen molar-refractivity contribution in [1.29, 1.82) is 0 Å². The molecule has 1 aromatic heterocycles. The van der Waals surface area contributed by atoms with E-state index >= 15 is 0 Å². The van der Waals surface area contributed by atoms with Crippen LogP contribution in [-0.4, -0.2) is 76.0 Å². The number of aromatic nitrogens is 2. The molecule has 2 saturated heterocycles. The maximum atomic E-state index is 12.8. The van der Waals surface area contributed by atoms with E-state index in [1.165, 1.54) is 19.3 Å². The van der Waals surface area contributed by atoms with Gasteiger partial charge in [-0.1, -0.05) is 12.8 Å². The van der Waals surface area contributed by atoms with Crippen LogP contribution in [0.5, 0.6) is 0 Å². The van der Waals surface area contributed by atoms with Gasteiger partial charge >= 0.3 is 0 Å². The molecule has 0 unspecified atom stereocenters. The molecule has 1 atom stereocenters. The highest BCUT2D eigenvalue weighted by molar-refractivity contribution is 5.82. The molecule has 1 amide bonds. The van der Waals surface area contributed by atoms with Gasteiger partial charge in [-0.3, -0.25) is 14.6 Å². The summed E-state index contributed by atoms with van der Waals surface area (Å²) in [5, 5.41) is 0. The van der Waals surface area contributed by atoms with E-state index in [9.17, 15) is 4.79 Å². The smallest absolute Gasteiger partial charge is 0.240 e. The first-order valence-electron chi connectivity index (χ1n) is 8.83. The molecule has 0 bridgehead atoms. The van der Waals surface area contributed by atoms with Crippen LogP contribution in [0.1, 0.15) is 31.5 Å². The Balaban J connectivity index is 1.51. The van der Waals surface area contributed by atoms with Gasteiger partial charge in [-0.15, -0.1) is 0 Å². The quantitative estimate of drug-likeness (QED) is 0.832. The van der Waals surface area contributed by atoms with Crippen LogP contribution < -0.4 is 0 Å². The minimum Gasteiger partial charge on any atom is -0.339 e. The fourth-order valence-corrected chi connectivity index (χ4v) is 3.65. The zero-order valence-corrected chi connectivity index (χ0v) is 14.4. The second-order valence-electron chi connectivity index (χ2n) is 6.90. The molecular formula is C17H29N5O. The predicted molar refractivity (Wildman–Crippen MR) is 90.0 cm³/mol. The lowest BCUT2D eigenvalue weighted by Gasteiger charge is -2.37. The van der Waals surface area contributed by atoms with E-state index in [0.29, 0.717) is 5.91 Å². The average Bonchev–Trinajstić information content (AvgIpc) is 2.83. The molecular weight excluding hydrogens is 290 g/mol. The summed E-state index contributed by atoms with van der Waals surface area (Å²) in [6.07, 6.45) is 8.50. The molecule has 1 aromatic rings. The van der Waals surface area contributed by atoms with Crippen LogP contribution in [0, 0.1) is 0 Å². The van der Waals surface area contributed by atoms with Crippen molar-refractivity contribution < 1.29 is 4.79 Å². The Bertz CT molecular complexity index is 521. The first kappa shape index (κ1) is 16.5. The number of piperazine rings is 1. The molecule has 0 saturated carbocycles. The highest BCUT2D eigenvalue weighted by atomic mass is 16.2. The molecule has 2 aliphatic heterocycles. The fraction of sp³-hybridized carbons (Fsp3) is 0.765. The maximum absolute atomic E-state index is 12.8. The van der Waals surface area contributed by atoms with Crippen molar-refractivity contribution in [1.82, 2.24) is 24.3 Å². The number of carbonyl (C=O) groups is 1. The largest absolute Gasteiger partial charge is 0.339 e. The highest BCUT2D eigenvalue weighted by Gasteiger charge is 2.30. The number of imidazole rings is 1. The zero-order chi connectivity index (χ0) is 16.2. The van der Waals surface area contributed by atoms with Gasteiger partial charge in [-0.2, -0.15) is 0 Å². The van der Waals surface area contributed by atoms with Crippen LogP contribution in [0.4, 0.5) is 0 Å². The van der Waals surface area contributed by atoms with Gasteiger partial charge in [0.05, 0.1) is 12.6 Å². The average molecular weight is 319 g/mol. The Morgan fingerprint density at radius 3 is 2.61 bits per heavy atom. The van der Waals surface area contributed by atoms with Gasteiger partial charge < -0.3 is 9.47 Å². The molecule has 23 heavy (non-hydrogen) atoms. The lowest BCUT2D eigenvalue weighted by Crippen LogP contribution is -2.54. The number of likely N-dealkylation sites (tertiary alicyclic amines) is 1. The summed E-state index contributed by atoms with van der Waals surface area (Å²) in [6, 6.07) is 0.0959. The number of nitrogens with zero attached hydrogens (tertiary/aromatic N) is 5. The third kappa shape index (κ3) is 3.93. The fourth-order valence-electron chi connectivity index (χ4n) is 3.65. The summed E-state index contributed by atoms with van der Waals surface area (Å²) in [4.78, 5) is 24.0. The lowest BCUT2D eigenvalue weighted by atomic mass is 10.1. The van der Waals surface area contributed by atoms with Crippen molar-refractivity contribution in [2.75, 3.05) is 39.8 Å². The number of amides is 1. The number of aryl methyl sites for hydroxylation is 1. The van der Waals surface area contributed by atoms with Crippen LogP contribution in [0.25, 0.3) is 0 Å². The molecule has 0 aliphatic carbocycles. The second-order valence-corrected chi connectivity index (χ2v) is 6.90. The van der Waals surface area contributed by atoms with Crippen molar-refractivity contribution in [3.8, 4) is 0 Å². The van der Waals surface area contributed by atoms with E-state index < -0.39 is 0 Å². The molecule has 6 nitrogen and oxygen atoms in total. The Morgan fingerprint density at radius 1 is 1.13 bits per heavy atom. The van der Waals surface area contributed by atoms with Crippen LogP contribution in [0.15, 0.2) is 12.4 Å². The number of hydrogen-bond donors (Lipinski definition) is 0. The maximum Gasteiger partial charge on any atom is 0.240 e. The normalized spacial score (nSPS) is 24.6. The molecule has 0 N–H and O–H groups in total. The van der Waals surface area contributed by atoms with Crippen molar-refractivity contribution in [2.24, 2.45) is 7.05 Å². The van der Waals surface area contributed by atoms with Crippen molar-refractivity contribution >= 4 is 5.91 Å². The minimum absolute atomic E-state index is 0.0959. The number of carbonyl (C=O) groups excluding carboxylic acids is 1. The highest BCUT2D eigenvalue weighted by Crippen LogP contribution is 2.18. The monoisotopic (exact) mass is 319 g/mol. The minimum atomic E-state index is 0.0959. The van der Waals surface area contributed by atoms with Crippen LogP contribution in [0.3, 0.4) is 0 Å². The van der Waals surface area contributed by atoms with Gasteiger partial charge in [0.25, 0.3) is 0 Å². The third-order valence-corrected chi connectivity index (χ3v) is 5.28. The summed E-state index contributed by atoms with van der Waals surface area (Å²) >= 11 is 0. The number of hydrogen-bond acceptors (Lipinski definition) is 4.